The van der Waals surface area contributed by atoms with Gasteiger partial charge in [0.2, 0.25) is 0 Å². The molecule has 2 rings (SSSR count). The number of methoxy groups -OCH3 is 1. The summed E-state index contributed by atoms with van der Waals surface area (Å²) in [5, 5.41) is 10.8. The second-order valence-electron chi connectivity index (χ2n) is 4.76. The fourth-order valence-electron chi connectivity index (χ4n) is 2.42. The Hall–Kier alpha value is -1.02. The Morgan fingerprint density at radius 3 is 2.62 bits per heavy atom. The molecule has 0 heterocycles. The first-order chi connectivity index (χ1) is 7.61. The van der Waals surface area contributed by atoms with Crippen molar-refractivity contribution < 1.29 is 9.84 Å². The molecule has 1 unspecified atom stereocenters. The molecule has 0 spiro atoms. The van der Waals surface area contributed by atoms with Crippen molar-refractivity contribution in [2.75, 3.05) is 7.11 Å². The highest BCUT2D eigenvalue weighted by atomic mass is 16.5. The summed E-state index contributed by atoms with van der Waals surface area (Å²) in [5.74, 6) is 1.22. The highest BCUT2D eigenvalue weighted by Gasteiger charge is 2.45. The summed E-state index contributed by atoms with van der Waals surface area (Å²) in [6, 6.07) is 6.03. The molecule has 1 aliphatic rings. The molecule has 0 bridgehead atoms. The summed E-state index contributed by atoms with van der Waals surface area (Å²) < 4.78 is 5.37. The molecule has 1 aromatic rings. The van der Waals surface area contributed by atoms with Crippen molar-refractivity contribution in [2.24, 2.45) is 5.92 Å². The molecular formula is C14H20O2. The summed E-state index contributed by atoms with van der Waals surface area (Å²) in [7, 11) is 1.66. The first kappa shape index (κ1) is 11.5. The van der Waals surface area contributed by atoms with Crippen molar-refractivity contribution in [2.45, 2.75) is 38.7 Å². The Labute approximate surface area is 97.3 Å². The van der Waals surface area contributed by atoms with E-state index in [1.165, 1.54) is 5.56 Å². The molecule has 1 fully saturated rings. The lowest BCUT2D eigenvalue weighted by Gasteiger charge is -2.29. The fraction of sp³-hybridized carbons (Fsp3) is 0.571. The van der Waals surface area contributed by atoms with E-state index >= 15 is 0 Å². The number of benzene rings is 1. The molecule has 1 saturated carbocycles. The van der Waals surface area contributed by atoms with Gasteiger partial charge in [-0.2, -0.15) is 0 Å². The number of rotatable bonds is 4. The van der Waals surface area contributed by atoms with Gasteiger partial charge in [0.15, 0.2) is 0 Å². The number of aliphatic hydroxyl groups is 1. The van der Waals surface area contributed by atoms with Crippen LogP contribution in [0.4, 0.5) is 0 Å². The maximum absolute atomic E-state index is 10.8. The Morgan fingerprint density at radius 2 is 2.12 bits per heavy atom. The van der Waals surface area contributed by atoms with Gasteiger partial charge in [0.1, 0.15) is 5.75 Å². The van der Waals surface area contributed by atoms with Crippen LogP contribution in [0.3, 0.4) is 0 Å². The van der Waals surface area contributed by atoms with E-state index in [-0.39, 0.29) is 0 Å². The highest BCUT2D eigenvalue weighted by molar-refractivity contribution is 5.42. The minimum atomic E-state index is -0.697. The molecule has 0 amide bonds. The van der Waals surface area contributed by atoms with Gasteiger partial charge in [-0.3, -0.25) is 0 Å². The lowest BCUT2D eigenvalue weighted by atomic mass is 9.85. The molecule has 16 heavy (non-hydrogen) atoms. The van der Waals surface area contributed by atoms with Crippen LogP contribution in [-0.2, 0) is 5.60 Å². The van der Waals surface area contributed by atoms with E-state index in [0.717, 1.165) is 30.6 Å². The molecule has 0 saturated heterocycles. The molecule has 0 aliphatic heterocycles. The lowest BCUT2D eigenvalue weighted by Crippen LogP contribution is -2.28. The highest BCUT2D eigenvalue weighted by Crippen LogP contribution is 2.50. The predicted molar refractivity (Wildman–Crippen MR) is 64.6 cm³/mol. The zero-order valence-corrected chi connectivity index (χ0v) is 10.3. The minimum Gasteiger partial charge on any atom is -0.496 e. The van der Waals surface area contributed by atoms with E-state index in [0.29, 0.717) is 5.92 Å². The minimum absolute atomic E-state index is 0.410. The summed E-state index contributed by atoms with van der Waals surface area (Å²) >= 11 is 0. The Bertz CT molecular complexity index is 382. The van der Waals surface area contributed by atoms with Crippen LogP contribution in [0.1, 0.15) is 37.3 Å². The van der Waals surface area contributed by atoms with Crippen LogP contribution >= 0.6 is 0 Å². The average molecular weight is 220 g/mol. The molecule has 0 radical (unpaired) electrons. The summed E-state index contributed by atoms with van der Waals surface area (Å²) in [5.41, 5.74) is 1.43. The van der Waals surface area contributed by atoms with Crippen LogP contribution in [0.15, 0.2) is 18.2 Å². The van der Waals surface area contributed by atoms with Crippen LogP contribution < -0.4 is 4.74 Å². The Morgan fingerprint density at radius 1 is 1.44 bits per heavy atom. The van der Waals surface area contributed by atoms with Gasteiger partial charge in [0.25, 0.3) is 0 Å². The summed E-state index contributed by atoms with van der Waals surface area (Å²) in [4.78, 5) is 0. The standard InChI is InChI=1S/C14H20O2/c1-4-14(15,11-6-7-11)12-9-10(2)5-8-13(12)16-3/h5,8-9,11,15H,4,6-7H2,1-3H3. The van der Waals surface area contributed by atoms with Crippen molar-refractivity contribution in [3.05, 3.63) is 29.3 Å². The van der Waals surface area contributed by atoms with Gasteiger partial charge in [-0.05, 0) is 44.2 Å². The third-order valence-electron chi connectivity index (χ3n) is 3.61. The lowest BCUT2D eigenvalue weighted by molar-refractivity contribution is 0.00672. The average Bonchev–Trinajstić information content (AvgIpc) is 3.12. The van der Waals surface area contributed by atoms with Gasteiger partial charge in [-0.15, -0.1) is 0 Å². The van der Waals surface area contributed by atoms with Gasteiger partial charge in [0.05, 0.1) is 12.7 Å². The molecule has 1 aliphatic carbocycles. The second-order valence-corrected chi connectivity index (χ2v) is 4.76. The van der Waals surface area contributed by atoms with E-state index in [9.17, 15) is 5.11 Å². The third kappa shape index (κ3) is 1.82. The van der Waals surface area contributed by atoms with Crippen molar-refractivity contribution in [1.29, 1.82) is 0 Å². The molecule has 1 aromatic carbocycles. The summed E-state index contributed by atoms with van der Waals surface area (Å²) in [6.45, 7) is 4.09. The van der Waals surface area contributed by atoms with E-state index in [4.69, 9.17) is 4.74 Å². The fourth-order valence-corrected chi connectivity index (χ4v) is 2.42. The maximum Gasteiger partial charge on any atom is 0.124 e. The van der Waals surface area contributed by atoms with Crippen LogP contribution in [0.25, 0.3) is 0 Å². The van der Waals surface area contributed by atoms with Crippen molar-refractivity contribution in [3.8, 4) is 5.75 Å². The molecule has 2 heteroatoms. The zero-order chi connectivity index (χ0) is 11.8. The monoisotopic (exact) mass is 220 g/mol. The Kier molecular flexibility index (Phi) is 2.94. The quantitative estimate of drug-likeness (QED) is 0.845. The molecular weight excluding hydrogens is 200 g/mol. The van der Waals surface area contributed by atoms with Gasteiger partial charge in [-0.1, -0.05) is 18.6 Å². The smallest absolute Gasteiger partial charge is 0.124 e. The molecule has 1 N–H and O–H groups in total. The van der Waals surface area contributed by atoms with Crippen LogP contribution in [0.2, 0.25) is 0 Å². The maximum atomic E-state index is 10.8. The van der Waals surface area contributed by atoms with Gasteiger partial charge in [0, 0.05) is 5.56 Å². The van der Waals surface area contributed by atoms with Crippen LogP contribution in [0.5, 0.6) is 5.75 Å². The van der Waals surface area contributed by atoms with E-state index in [1.54, 1.807) is 7.11 Å². The molecule has 88 valence electrons. The second kappa shape index (κ2) is 4.10. The topological polar surface area (TPSA) is 29.5 Å². The third-order valence-corrected chi connectivity index (χ3v) is 3.61. The van der Waals surface area contributed by atoms with E-state index in [2.05, 4.69) is 6.07 Å². The number of aryl methyl sites for hydroxylation is 1. The Balaban J connectivity index is 2.47. The first-order valence-corrected chi connectivity index (χ1v) is 5.99. The van der Waals surface area contributed by atoms with Crippen molar-refractivity contribution in [3.63, 3.8) is 0 Å². The molecule has 1 atom stereocenters. The zero-order valence-electron chi connectivity index (χ0n) is 10.3. The van der Waals surface area contributed by atoms with Gasteiger partial charge in [-0.25, -0.2) is 0 Å². The molecule has 2 nitrogen and oxygen atoms in total. The van der Waals surface area contributed by atoms with Gasteiger partial charge < -0.3 is 9.84 Å². The number of ether oxygens (including phenoxy) is 1. The molecule has 0 aromatic heterocycles. The summed E-state index contributed by atoms with van der Waals surface area (Å²) in [6.07, 6.45) is 3.00. The van der Waals surface area contributed by atoms with Gasteiger partial charge >= 0.3 is 0 Å². The number of hydrogen-bond donors (Lipinski definition) is 1. The van der Waals surface area contributed by atoms with E-state index < -0.39 is 5.60 Å². The van der Waals surface area contributed by atoms with Crippen LogP contribution in [-0.4, -0.2) is 12.2 Å². The van der Waals surface area contributed by atoms with E-state index in [1.807, 2.05) is 26.0 Å². The normalized spacial score (nSPS) is 19.2. The van der Waals surface area contributed by atoms with Crippen molar-refractivity contribution in [1.82, 2.24) is 0 Å². The van der Waals surface area contributed by atoms with Crippen molar-refractivity contribution >= 4 is 0 Å². The largest absolute Gasteiger partial charge is 0.496 e. The first-order valence-electron chi connectivity index (χ1n) is 5.99. The predicted octanol–water partition coefficient (Wildman–Crippen LogP) is 3.01. The van der Waals surface area contributed by atoms with Crippen LogP contribution in [0, 0.1) is 12.8 Å². The number of hydrogen-bond acceptors (Lipinski definition) is 2. The SMILES string of the molecule is CCC(O)(c1cc(C)ccc1OC)C1CC1.